The van der Waals surface area contributed by atoms with Crippen molar-refractivity contribution in [2.45, 2.75) is 32.2 Å². The molecule has 2 fully saturated rings. The van der Waals surface area contributed by atoms with Gasteiger partial charge >= 0.3 is 0 Å². The minimum atomic E-state index is 0.203. The summed E-state index contributed by atoms with van der Waals surface area (Å²) in [6.07, 6.45) is 4.63. The molecule has 5 nitrogen and oxygen atoms in total. The van der Waals surface area contributed by atoms with Crippen LogP contribution in [0.1, 0.15) is 31.2 Å². The van der Waals surface area contributed by atoms with Crippen LogP contribution in [0.15, 0.2) is 30.3 Å². The summed E-state index contributed by atoms with van der Waals surface area (Å²) in [6.45, 7) is 8.26. The Labute approximate surface area is 164 Å². The Kier molecular flexibility index (Phi) is 8.11. The van der Waals surface area contributed by atoms with Crippen LogP contribution in [0.3, 0.4) is 0 Å². The molecule has 5 heteroatoms. The van der Waals surface area contributed by atoms with E-state index in [4.69, 9.17) is 0 Å². The number of hydrogen-bond donors (Lipinski definition) is 2. The van der Waals surface area contributed by atoms with Gasteiger partial charge in [-0.25, -0.2) is 0 Å². The third-order valence-corrected chi connectivity index (χ3v) is 6.02. The molecule has 0 aliphatic carbocycles. The maximum absolute atomic E-state index is 12.5. The maximum atomic E-state index is 12.5. The van der Waals surface area contributed by atoms with Gasteiger partial charge in [0.1, 0.15) is 0 Å². The number of amides is 1. The summed E-state index contributed by atoms with van der Waals surface area (Å²) < 4.78 is 0. The summed E-state index contributed by atoms with van der Waals surface area (Å²) in [5.74, 6) is 1.30. The quantitative estimate of drug-likeness (QED) is 0.732. The number of likely N-dealkylation sites (N-methyl/N-ethyl adjacent to an activating group) is 1. The highest BCUT2D eigenvalue weighted by Crippen LogP contribution is 2.21. The minimum absolute atomic E-state index is 0.203. The van der Waals surface area contributed by atoms with Crippen molar-refractivity contribution >= 4 is 5.91 Å². The van der Waals surface area contributed by atoms with E-state index in [2.05, 4.69) is 51.7 Å². The molecule has 0 aromatic heterocycles. The van der Waals surface area contributed by atoms with Gasteiger partial charge in [-0.1, -0.05) is 30.3 Å². The molecule has 0 unspecified atom stereocenters. The zero-order valence-electron chi connectivity index (χ0n) is 16.8. The second-order valence-electron chi connectivity index (χ2n) is 8.28. The first kappa shape index (κ1) is 20.3. The van der Waals surface area contributed by atoms with E-state index in [1.807, 2.05) is 6.07 Å². The molecule has 2 saturated heterocycles. The summed E-state index contributed by atoms with van der Waals surface area (Å²) in [5, 5.41) is 6.60. The summed E-state index contributed by atoms with van der Waals surface area (Å²) in [7, 11) is 2.11. The van der Waals surface area contributed by atoms with Crippen molar-refractivity contribution in [3.63, 3.8) is 0 Å². The van der Waals surface area contributed by atoms with Crippen LogP contribution in [-0.4, -0.2) is 68.6 Å². The van der Waals surface area contributed by atoms with Crippen LogP contribution in [0.5, 0.6) is 0 Å². The third-order valence-electron chi connectivity index (χ3n) is 6.02. The van der Waals surface area contributed by atoms with Crippen LogP contribution in [0.4, 0.5) is 0 Å². The van der Waals surface area contributed by atoms with Crippen molar-refractivity contribution in [3.05, 3.63) is 35.9 Å². The van der Waals surface area contributed by atoms with Gasteiger partial charge in [0, 0.05) is 32.1 Å². The number of likely N-dealkylation sites (tertiary alicyclic amines) is 1. The third kappa shape index (κ3) is 6.91. The Bertz CT molecular complexity index is 551. The molecule has 0 spiro atoms. The topological polar surface area (TPSA) is 47.6 Å². The summed E-state index contributed by atoms with van der Waals surface area (Å²) >= 11 is 0. The average Bonchev–Trinajstić information content (AvgIpc) is 2.70. The zero-order valence-corrected chi connectivity index (χ0v) is 16.8. The molecule has 150 valence electrons. The van der Waals surface area contributed by atoms with E-state index in [1.165, 1.54) is 38.0 Å². The first-order valence-electron chi connectivity index (χ1n) is 10.6. The molecule has 2 heterocycles. The van der Waals surface area contributed by atoms with Gasteiger partial charge in [0.25, 0.3) is 0 Å². The van der Waals surface area contributed by atoms with Crippen molar-refractivity contribution in [3.8, 4) is 0 Å². The lowest BCUT2D eigenvalue weighted by Crippen LogP contribution is -2.44. The lowest BCUT2D eigenvalue weighted by molar-refractivity contribution is -0.126. The Hall–Kier alpha value is -1.43. The zero-order chi connectivity index (χ0) is 18.9. The van der Waals surface area contributed by atoms with Crippen molar-refractivity contribution in [2.24, 2.45) is 11.8 Å². The fourth-order valence-corrected chi connectivity index (χ4v) is 4.30. The Morgan fingerprint density at radius 2 is 1.85 bits per heavy atom. The van der Waals surface area contributed by atoms with Crippen LogP contribution in [-0.2, 0) is 11.3 Å². The average molecular weight is 373 g/mol. The molecule has 2 aliphatic heterocycles. The monoisotopic (exact) mass is 372 g/mol. The van der Waals surface area contributed by atoms with Gasteiger partial charge in [-0.15, -0.1) is 0 Å². The first-order chi connectivity index (χ1) is 13.2. The maximum Gasteiger partial charge on any atom is 0.223 e. The van der Waals surface area contributed by atoms with Gasteiger partial charge in [0.05, 0.1) is 0 Å². The van der Waals surface area contributed by atoms with E-state index in [-0.39, 0.29) is 11.8 Å². The van der Waals surface area contributed by atoms with Crippen molar-refractivity contribution < 1.29 is 4.79 Å². The highest BCUT2D eigenvalue weighted by atomic mass is 16.1. The summed E-state index contributed by atoms with van der Waals surface area (Å²) in [6, 6.07) is 10.5. The van der Waals surface area contributed by atoms with Gasteiger partial charge in [-0.2, -0.15) is 0 Å². The summed E-state index contributed by atoms with van der Waals surface area (Å²) in [4.78, 5) is 17.3. The van der Waals surface area contributed by atoms with E-state index in [0.717, 1.165) is 51.5 Å². The SMILES string of the molecule is CN(CCNC(=O)C1CCN(CC2CCNCC2)CC1)Cc1ccccc1. The van der Waals surface area contributed by atoms with E-state index in [0.29, 0.717) is 0 Å². The molecular weight excluding hydrogens is 336 g/mol. The first-order valence-corrected chi connectivity index (χ1v) is 10.6. The van der Waals surface area contributed by atoms with E-state index >= 15 is 0 Å². The number of benzene rings is 1. The van der Waals surface area contributed by atoms with Crippen LogP contribution in [0.2, 0.25) is 0 Å². The Morgan fingerprint density at radius 1 is 1.15 bits per heavy atom. The van der Waals surface area contributed by atoms with Crippen LogP contribution < -0.4 is 10.6 Å². The highest BCUT2D eigenvalue weighted by Gasteiger charge is 2.26. The lowest BCUT2D eigenvalue weighted by Gasteiger charge is -2.35. The standard InChI is InChI=1S/C22H36N4O/c1-25(17-19-5-3-2-4-6-19)16-13-24-22(27)21-9-14-26(15-10-21)18-20-7-11-23-12-8-20/h2-6,20-21,23H,7-18H2,1H3,(H,24,27). The second kappa shape index (κ2) is 10.8. The molecule has 2 N–H and O–H groups in total. The molecule has 1 aromatic carbocycles. The molecule has 0 atom stereocenters. The molecular formula is C22H36N4O. The van der Waals surface area contributed by atoms with Gasteiger partial charge in [-0.05, 0) is 70.4 Å². The fraction of sp³-hybridized carbons (Fsp3) is 0.682. The number of carbonyl (C=O) groups is 1. The second-order valence-corrected chi connectivity index (χ2v) is 8.28. The largest absolute Gasteiger partial charge is 0.355 e. The number of hydrogen-bond acceptors (Lipinski definition) is 4. The molecule has 0 saturated carbocycles. The molecule has 0 radical (unpaired) electrons. The van der Waals surface area contributed by atoms with Gasteiger partial charge in [-0.3, -0.25) is 4.79 Å². The number of nitrogens with one attached hydrogen (secondary N) is 2. The minimum Gasteiger partial charge on any atom is -0.355 e. The van der Waals surface area contributed by atoms with Gasteiger partial charge in [0.15, 0.2) is 0 Å². The molecule has 1 aromatic rings. The Balaban J connectivity index is 1.29. The van der Waals surface area contributed by atoms with Gasteiger partial charge < -0.3 is 20.4 Å². The predicted octanol–water partition coefficient (Wildman–Crippen LogP) is 1.95. The molecule has 2 aliphatic rings. The smallest absolute Gasteiger partial charge is 0.223 e. The molecule has 3 rings (SSSR count). The molecule has 27 heavy (non-hydrogen) atoms. The summed E-state index contributed by atoms with van der Waals surface area (Å²) in [5.41, 5.74) is 1.31. The van der Waals surface area contributed by atoms with Crippen LogP contribution in [0, 0.1) is 11.8 Å². The normalized spacial score (nSPS) is 20.1. The van der Waals surface area contributed by atoms with Crippen LogP contribution in [0.25, 0.3) is 0 Å². The van der Waals surface area contributed by atoms with E-state index in [9.17, 15) is 4.79 Å². The number of rotatable bonds is 8. The highest BCUT2D eigenvalue weighted by molar-refractivity contribution is 5.78. The lowest BCUT2D eigenvalue weighted by atomic mass is 9.93. The molecule has 0 bridgehead atoms. The van der Waals surface area contributed by atoms with E-state index in [1.54, 1.807) is 0 Å². The van der Waals surface area contributed by atoms with Crippen molar-refractivity contribution in [2.75, 3.05) is 52.9 Å². The van der Waals surface area contributed by atoms with Crippen molar-refractivity contribution in [1.29, 1.82) is 0 Å². The number of piperidine rings is 2. The van der Waals surface area contributed by atoms with Gasteiger partial charge in [0.2, 0.25) is 5.91 Å². The molecule has 1 amide bonds. The Morgan fingerprint density at radius 3 is 2.56 bits per heavy atom. The number of carbonyl (C=O) groups excluding carboxylic acids is 1. The van der Waals surface area contributed by atoms with E-state index < -0.39 is 0 Å². The fourth-order valence-electron chi connectivity index (χ4n) is 4.30. The number of nitrogens with zero attached hydrogens (tertiary/aromatic N) is 2. The predicted molar refractivity (Wildman–Crippen MR) is 111 cm³/mol. The van der Waals surface area contributed by atoms with Crippen molar-refractivity contribution in [1.82, 2.24) is 20.4 Å². The van der Waals surface area contributed by atoms with Crippen LogP contribution >= 0.6 is 0 Å².